The van der Waals surface area contributed by atoms with Crippen molar-refractivity contribution in [1.29, 1.82) is 0 Å². The van der Waals surface area contributed by atoms with Crippen LogP contribution in [0, 0.1) is 43.6 Å². The molecule has 6 heteroatoms. The Balaban J connectivity index is -0.0000000336. The number of hydrogen-bond donors (Lipinski definition) is 1. The van der Waals surface area contributed by atoms with Crippen molar-refractivity contribution in [3.05, 3.63) is 79.4 Å². The van der Waals surface area contributed by atoms with Gasteiger partial charge in [-0.1, -0.05) is 106 Å². The van der Waals surface area contributed by atoms with Crippen molar-refractivity contribution in [2.75, 3.05) is 12.7 Å². The fourth-order valence-electron chi connectivity index (χ4n) is 1.59. The van der Waals surface area contributed by atoms with Crippen molar-refractivity contribution in [2.45, 2.75) is 108 Å². The number of benzene rings is 1. The molecule has 0 aliphatic carbocycles. The van der Waals surface area contributed by atoms with Crippen LogP contribution in [0.5, 0.6) is 0 Å². The molecule has 1 unspecified atom stereocenters. The minimum atomic E-state index is -2.67. The summed E-state index contributed by atoms with van der Waals surface area (Å²) in [7, 11) is -2.67. The van der Waals surface area contributed by atoms with Gasteiger partial charge in [0.25, 0.3) is 7.52 Å². The van der Waals surface area contributed by atoms with Crippen LogP contribution in [-0.2, 0) is 81.1 Å². The van der Waals surface area contributed by atoms with Gasteiger partial charge in [-0.15, -0.1) is 0 Å². The van der Waals surface area contributed by atoms with E-state index in [0.29, 0.717) is 12.8 Å². The van der Waals surface area contributed by atoms with Gasteiger partial charge in [-0.2, -0.15) is 12.8 Å². The van der Waals surface area contributed by atoms with Gasteiger partial charge in [0.2, 0.25) is 0 Å². The summed E-state index contributed by atoms with van der Waals surface area (Å²) >= 11 is 0. The maximum atomic E-state index is 12.6. The topological polar surface area (TPSA) is 38.3 Å². The van der Waals surface area contributed by atoms with Crippen molar-refractivity contribution in [3.63, 3.8) is 0 Å². The minimum Gasteiger partial charge on any atom is -0.358 e. The van der Waals surface area contributed by atoms with Crippen molar-refractivity contribution < 1.29 is 74.5 Å². The first kappa shape index (κ1) is 71.2. The summed E-state index contributed by atoms with van der Waals surface area (Å²) < 4.78 is 18.2. The summed E-state index contributed by atoms with van der Waals surface area (Å²) in [6.07, 6.45) is 5.55. The number of rotatable bonds is 9. The molecular weight excluding hydrogens is 615 g/mol. The van der Waals surface area contributed by atoms with Crippen LogP contribution >= 0.6 is 7.52 Å². The van der Waals surface area contributed by atoms with Gasteiger partial charge in [0.05, 0.1) is 6.61 Å². The minimum absolute atomic E-state index is 0. The molecule has 36 heavy (non-hydrogen) atoms. The van der Waals surface area contributed by atoms with Crippen molar-refractivity contribution >= 4 is 7.52 Å². The Morgan fingerprint density at radius 3 is 1.42 bits per heavy atom. The molecule has 0 spiro atoms. The SMILES string of the molecule is CC.CC.CC.CCCCP(=O)(NCCC)OCc1ccccc1.[CH2-]CC.[CH2-]CC.[CH3-].[CH3-].[CH3-].[CH3-].[Y+3].[Y+3]. The normalized spacial score (nSPS) is 8.67. The van der Waals surface area contributed by atoms with E-state index in [2.05, 4.69) is 32.8 Å². The van der Waals surface area contributed by atoms with E-state index in [1.807, 2.05) is 85.7 Å². The van der Waals surface area contributed by atoms with Gasteiger partial charge in [0.1, 0.15) is 0 Å². The Labute approximate surface area is 284 Å². The second-order valence-corrected chi connectivity index (χ2v) is 7.79. The summed E-state index contributed by atoms with van der Waals surface area (Å²) in [5.41, 5.74) is 1.06. The molecule has 0 aliphatic heterocycles. The average molecular weight is 684 g/mol. The average Bonchev–Trinajstić information content (AvgIpc) is 2.81. The van der Waals surface area contributed by atoms with Crippen LogP contribution in [0.15, 0.2) is 30.3 Å². The predicted octanol–water partition coefficient (Wildman–Crippen LogP) is 11.5. The first-order valence-corrected chi connectivity index (χ1v) is 13.9. The van der Waals surface area contributed by atoms with Crippen LogP contribution in [0.1, 0.15) is 107 Å². The molecule has 1 N–H and O–H groups in total. The molecule has 216 valence electrons. The Morgan fingerprint density at radius 1 is 0.750 bits per heavy atom. The fraction of sp³-hybridized carbons (Fsp3) is 0.600. The zero-order valence-corrected chi connectivity index (χ0v) is 33.9. The molecule has 1 rings (SSSR count). The van der Waals surface area contributed by atoms with Crippen LogP contribution in [-0.4, -0.2) is 12.7 Å². The molecule has 0 aliphatic rings. The van der Waals surface area contributed by atoms with Crippen LogP contribution < -0.4 is 5.09 Å². The van der Waals surface area contributed by atoms with Gasteiger partial charge in [0, 0.05) is 12.7 Å². The molecule has 0 amide bonds. The van der Waals surface area contributed by atoms with Gasteiger partial charge in [-0.3, -0.25) is 4.57 Å². The van der Waals surface area contributed by atoms with Gasteiger partial charge < -0.3 is 48.1 Å². The Hall–Kier alpha value is 1.58. The molecule has 1 atom stereocenters. The van der Waals surface area contributed by atoms with E-state index in [0.717, 1.165) is 44.2 Å². The van der Waals surface area contributed by atoms with E-state index >= 15 is 0 Å². The largest absolute Gasteiger partial charge is 3.00 e. The maximum absolute atomic E-state index is 12.6. The third-order valence-corrected chi connectivity index (χ3v) is 4.85. The first-order chi connectivity index (χ1) is 14.5. The van der Waals surface area contributed by atoms with Crippen LogP contribution in [0.25, 0.3) is 0 Å². The van der Waals surface area contributed by atoms with E-state index in [4.69, 9.17) is 4.52 Å². The fourth-order valence-corrected chi connectivity index (χ4v) is 3.62. The molecule has 1 aromatic rings. The monoisotopic (exact) mass is 683 g/mol. The van der Waals surface area contributed by atoms with Crippen LogP contribution in [0.2, 0.25) is 0 Å². The molecule has 0 bridgehead atoms. The third-order valence-electron chi connectivity index (χ3n) is 2.69. The van der Waals surface area contributed by atoms with Crippen LogP contribution in [0.4, 0.5) is 0 Å². The number of hydrogen-bond acceptors (Lipinski definition) is 2. The van der Waals surface area contributed by atoms with E-state index in [1.54, 1.807) is 0 Å². The zero-order valence-electron chi connectivity index (χ0n) is 27.4. The molecular formula is C30H68NO2PY2. The van der Waals surface area contributed by atoms with E-state index < -0.39 is 7.52 Å². The molecule has 0 heterocycles. The molecule has 0 radical (unpaired) electrons. The quantitative estimate of drug-likeness (QED) is 0.208. The summed E-state index contributed by atoms with van der Waals surface area (Å²) in [4.78, 5) is 0. The van der Waals surface area contributed by atoms with Gasteiger partial charge in [0.15, 0.2) is 0 Å². The second-order valence-electron chi connectivity index (χ2n) is 5.42. The Kier molecular flexibility index (Phi) is 140. The molecule has 3 nitrogen and oxygen atoms in total. The standard InChI is InChI=1S/C14H24NO2P.2C3H7.3C2H6.4CH3.2Y/c1-3-5-12-18(16,15-11-4-2)17-13-14-9-7-6-8-10-14;2*1-3-2;3*1-2;;;;;;/h6-10H,3-5,11-13H2,1-2H3,(H,15,16);2*1,3H2,2H3;3*1-2H3;4*1H3;;/q;2*-1;;;;4*-1;2*+3. The summed E-state index contributed by atoms with van der Waals surface area (Å²) in [5, 5.41) is 3.08. The van der Waals surface area contributed by atoms with E-state index in [1.165, 1.54) is 0 Å². The first-order valence-electron chi connectivity index (χ1n) is 12.1. The maximum Gasteiger partial charge on any atom is 3.00 e. The van der Waals surface area contributed by atoms with E-state index in [9.17, 15) is 4.57 Å². The van der Waals surface area contributed by atoms with E-state index in [-0.39, 0.29) is 95.1 Å². The smallest absolute Gasteiger partial charge is 0.358 e. The van der Waals surface area contributed by atoms with Gasteiger partial charge in [-0.05, 0) is 18.4 Å². The molecule has 0 fully saturated rings. The zero-order chi connectivity index (χ0) is 24.7. The molecule has 0 saturated carbocycles. The second kappa shape index (κ2) is 70.8. The molecule has 1 aromatic carbocycles. The number of unbranched alkanes of at least 4 members (excludes halogenated alkanes) is 1. The van der Waals surface area contributed by atoms with Crippen LogP contribution in [0.3, 0.4) is 0 Å². The van der Waals surface area contributed by atoms with Crippen molar-refractivity contribution in [2.24, 2.45) is 0 Å². The molecule has 0 aromatic heterocycles. The van der Waals surface area contributed by atoms with Gasteiger partial charge >= 0.3 is 65.4 Å². The predicted molar refractivity (Wildman–Crippen MR) is 168 cm³/mol. The summed E-state index contributed by atoms with van der Waals surface area (Å²) in [5.74, 6) is 0. The van der Waals surface area contributed by atoms with Crippen molar-refractivity contribution in [3.8, 4) is 0 Å². The summed E-state index contributed by atoms with van der Waals surface area (Å²) in [6.45, 7) is 28.3. The van der Waals surface area contributed by atoms with Gasteiger partial charge in [-0.25, -0.2) is 5.09 Å². The summed E-state index contributed by atoms with van der Waals surface area (Å²) in [6, 6.07) is 9.88. The van der Waals surface area contributed by atoms with Crippen molar-refractivity contribution in [1.82, 2.24) is 5.09 Å². The Bertz CT molecular complexity index is 395. The molecule has 0 saturated heterocycles. The third kappa shape index (κ3) is 65.0. The number of nitrogens with one attached hydrogen (secondary N) is 1. The Morgan fingerprint density at radius 2 is 1.11 bits per heavy atom.